The van der Waals surface area contributed by atoms with E-state index in [0.717, 1.165) is 0 Å². The summed E-state index contributed by atoms with van der Waals surface area (Å²) in [6.07, 6.45) is 0. The zero-order valence-corrected chi connectivity index (χ0v) is 5.06. The van der Waals surface area contributed by atoms with Crippen LogP contribution in [0.3, 0.4) is 0 Å². The summed E-state index contributed by atoms with van der Waals surface area (Å²) >= 11 is 5.77. The van der Waals surface area contributed by atoms with Crippen molar-refractivity contribution in [3.63, 3.8) is 0 Å². The van der Waals surface area contributed by atoms with Gasteiger partial charge in [-0.25, -0.2) is 0 Å². The van der Waals surface area contributed by atoms with Crippen molar-refractivity contribution in [3.8, 4) is 0 Å². The van der Waals surface area contributed by atoms with E-state index in [4.69, 9.17) is 0 Å². The van der Waals surface area contributed by atoms with Crippen molar-refractivity contribution in [3.05, 3.63) is 0 Å². The predicted octanol–water partition coefficient (Wildman–Crippen LogP) is 0.134. The fourth-order valence-corrected chi connectivity index (χ4v) is 1.20. The number of thioether (sulfide) groups is 1. The van der Waals surface area contributed by atoms with Crippen LogP contribution >= 0.6 is 24.0 Å². The van der Waals surface area contributed by atoms with Gasteiger partial charge in [-0.05, 0) is 0 Å². The van der Waals surface area contributed by atoms with Crippen LogP contribution < -0.4 is 5.32 Å². The minimum atomic E-state index is -0.00463. The zero-order chi connectivity index (χ0) is 5.28. The van der Waals surface area contributed by atoms with Gasteiger partial charge in [-0.15, -0.1) is 0 Å². The molecule has 1 heterocycles. The lowest BCUT2D eigenvalue weighted by Crippen LogP contribution is -2.15. The Morgan fingerprint density at radius 2 is 2.57 bits per heavy atom. The fraction of sp³-hybridized carbons (Fsp3) is 0.333. The van der Waals surface area contributed by atoms with E-state index in [-0.39, 0.29) is 5.12 Å². The molecular formula is C3H3NOS2. The van der Waals surface area contributed by atoms with Crippen LogP contribution in [0.2, 0.25) is 0 Å². The van der Waals surface area contributed by atoms with Gasteiger partial charge in [0.25, 0.3) is 0 Å². The van der Waals surface area contributed by atoms with Gasteiger partial charge >= 0.3 is 0 Å². The van der Waals surface area contributed by atoms with E-state index in [1.54, 1.807) is 0 Å². The summed E-state index contributed by atoms with van der Waals surface area (Å²) in [7, 11) is 0. The van der Waals surface area contributed by atoms with Crippen molar-refractivity contribution in [2.45, 2.75) is 0 Å². The van der Waals surface area contributed by atoms with Crippen molar-refractivity contribution in [1.82, 2.24) is 5.32 Å². The number of thiocarbonyl (C=S) groups is 1. The third-order valence-corrected chi connectivity index (χ3v) is 1.84. The number of hydrogen-bond acceptors (Lipinski definition) is 3. The van der Waals surface area contributed by atoms with Gasteiger partial charge in [-0.1, -0.05) is 24.0 Å². The van der Waals surface area contributed by atoms with E-state index >= 15 is 0 Å². The van der Waals surface area contributed by atoms with Crippen molar-refractivity contribution < 1.29 is 4.79 Å². The number of carbonyl (C=O) groups is 1. The summed E-state index contributed by atoms with van der Waals surface area (Å²) in [6.45, 7) is 0. The zero-order valence-electron chi connectivity index (χ0n) is 3.43. The highest BCUT2D eigenvalue weighted by molar-refractivity contribution is 8.17. The van der Waals surface area contributed by atoms with Crippen LogP contribution in [0, 0.1) is 0 Å². The minimum Gasteiger partial charge on any atom is -0.363 e. The summed E-state index contributed by atoms with van der Waals surface area (Å²) in [5.41, 5.74) is 0. The molecule has 0 aromatic carbocycles. The highest BCUT2D eigenvalue weighted by Gasteiger charge is 2.15. The van der Waals surface area contributed by atoms with E-state index in [0.29, 0.717) is 10.9 Å². The maximum atomic E-state index is 10.3. The Morgan fingerprint density at radius 3 is 2.71 bits per heavy atom. The van der Waals surface area contributed by atoms with Gasteiger partial charge in [0.1, 0.15) is 0 Å². The molecule has 0 radical (unpaired) electrons. The molecule has 0 spiro atoms. The van der Waals surface area contributed by atoms with Crippen LogP contribution in [0.4, 0.5) is 0 Å². The third kappa shape index (κ3) is 0.920. The second kappa shape index (κ2) is 1.79. The van der Waals surface area contributed by atoms with Crippen molar-refractivity contribution >= 4 is 34.1 Å². The predicted molar refractivity (Wildman–Crippen MR) is 33.2 cm³/mol. The minimum absolute atomic E-state index is 0.00463. The molecule has 1 N–H and O–H groups in total. The normalized spacial score (nSPS) is 20.0. The van der Waals surface area contributed by atoms with Gasteiger partial charge in [0.15, 0.2) is 4.99 Å². The Bertz CT molecular complexity index is 108. The molecule has 0 amide bonds. The summed E-state index contributed by atoms with van der Waals surface area (Å²) in [4.78, 5) is 10.7. The first-order valence-electron chi connectivity index (χ1n) is 1.75. The number of nitrogens with one attached hydrogen (secondary N) is 1. The van der Waals surface area contributed by atoms with Crippen molar-refractivity contribution in [2.75, 3.05) is 5.88 Å². The molecule has 2 nitrogen and oxygen atoms in total. The molecule has 0 bridgehead atoms. The van der Waals surface area contributed by atoms with Crippen LogP contribution in [0.1, 0.15) is 0 Å². The SMILES string of the molecule is O=C1SCNC1=S. The van der Waals surface area contributed by atoms with Gasteiger partial charge in [0, 0.05) is 0 Å². The molecule has 0 aliphatic carbocycles. The second-order valence-corrected chi connectivity index (χ2v) is 2.44. The second-order valence-electron chi connectivity index (χ2n) is 1.08. The van der Waals surface area contributed by atoms with E-state index in [9.17, 15) is 4.79 Å². The Balaban J connectivity index is 2.65. The molecule has 1 saturated heterocycles. The first-order chi connectivity index (χ1) is 3.30. The molecule has 4 heteroatoms. The Morgan fingerprint density at radius 1 is 1.86 bits per heavy atom. The van der Waals surface area contributed by atoms with Crippen LogP contribution in [-0.2, 0) is 4.79 Å². The number of rotatable bonds is 0. The molecule has 0 aromatic heterocycles. The Hall–Kier alpha value is -0.0900. The summed E-state index contributed by atoms with van der Waals surface area (Å²) in [5.74, 6) is 0.650. The summed E-state index contributed by atoms with van der Waals surface area (Å²) in [6, 6.07) is 0. The number of hydrogen-bond donors (Lipinski definition) is 1. The van der Waals surface area contributed by atoms with Gasteiger partial charge in [0.05, 0.1) is 5.88 Å². The highest BCUT2D eigenvalue weighted by atomic mass is 32.2. The van der Waals surface area contributed by atoms with E-state index < -0.39 is 0 Å². The van der Waals surface area contributed by atoms with E-state index in [1.165, 1.54) is 11.8 Å². The smallest absolute Gasteiger partial charge is 0.248 e. The monoisotopic (exact) mass is 133 g/mol. The Labute approximate surface area is 50.7 Å². The quantitative estimate of drug-likeness (QED) is 0.476. The van der Waals surface area contributed by atoms with Gasteiger partial charge in [0.2, 0.25) is 5.12 Å². The van der Waals surface area contributed by atoms with E-state index in [2.05, 4.69) is 17.5 Å². The topological polar surface area (TPSA) is 29.1 Å². The molecule has 0 aromatic rings. The van der Waals surface area contributed by atoms with Gasteiger partial charge in [-0.3, -0.25) is 4.79 Å². The third-order valence-electron chi connectivity index (χ3n) is 0.621. The first-order valence-corrected chi connectivity index (χ1v) is 3.15. The molecule has 1 rings (SSSR count). The summed E-state index contributed by atoms with van der Waals surface area (Å²) in [5, 5.41) is 2.71. The molecule has 0 unspecified atom stereocenters. The average molecular weight is 133 g/mol. The average Bonchev–Trinajstić information content (AvgIpc) is 1.91. The van der Waals surface area contributed by atoms with Gasteiger partial charge < -0.3 is 5.32 Å². The van der Waals surface area contributed by atoms with Crippen LogP contribution in [0.15, 0.2) is 0 Å². The largest absolute Gasteiger partial charge is 0.363 e. The molecule has 1 aliphatic rings. The summed E-state index contributed by atoms with van der Waals surface area (Å²) < 4.78 is 0. The van der Waals surface area contributed by atoms with E-state index in [1.807, 2.05) is 0 Å². The maximum absolute atomic E-state index is 10.3. The molecule has 1 aliphatic heterocycles. The van der Waals surface area contributed by atoms with Crippen LogP contribution in [0.25, 0.3) is 0 Å². The molecule has 1 fully saturated rings. The maximum Gasteiger partial charge on any atom is 0.248 e. The molecule has 7 heavy (non-hydrogen) atoms. The van der Waals surface area contributed by atoms with Crippen molar-refractivity contribution in [1.29, 1.82) is 0 Å². The fourth-order valence-electron chi connectivity index (χ4n) is 0.305. The first kappa shape index (κ1) is 5.05. The lowest BCUT2D eigenvalue weighted by atomic mass is 10.7. The van der Waals surface area contributed by atoms with Crippen LogP contribution in [0.5, 0.6) is 0 Å². The van der Waals surface area contributed by atoms with Crippen molar-refractivity contribution in [2.24, 2.45) is 0 Å². The Kier molecular flexibility index (Phi) is 1.30. The molecule has 0 atom stereocenters. The van der Waals surface area contributed by atoms with Crippen LogP contribution in [-0.4, -0.2) is 16.0 Å². The lowest BCUT2D eigenvalue weighted by Gasteiger charge is -1.81. The lowest BCUT2D eigenvalue weighted by molar-refractivity contribution is -0.105. The number of carbonyl (C=O) groups excluding carboxylic acids is 1. The molecular weight excluding hydrogens is 130 g/mol. The standard InChI is InChI=1S/C3H3NOS2/c5-3-2(6)4-1-7-3/h1H2,(H,4,6). The van der Waals surface area contributed by atoms with Gasteiger partial charge in [-0.2, -0.15) is 0 Å². The highest BCUT2D eigenvalue weighted by Crippen LogP contribution is 2.06. The molecule has 38 valence electrons. The molecule has 0 saturated carbocycles.